The summed E-state index contributed by atoms with van der Waals surface area (Å²) in [6, 6.07) is 48.5. The number of H-pyrrole nitrogens is 2. The Balaban J connectivity index is 1.47. The fourth-order valence-corrected chi connectivity index (χ4v) is 7.47. The number of hydrogen-bond acceptors (Lipinski definition) is 3. The first-order chi connectivity index (χ1) is 25.7. The van der Waals surface area contributed by atoms with Crippen LogP contribution in [0.15, 0.2) is 140 Å². The maximum atomic E-state index is 9.78. The van der Waals surface area contributed by atoms with Gasteiger partial charge >= 0.3 is 0 Å². The summed E-state index contributed by atoms with van der Waals surface area (Å²) in [5, 5.41) is 9.78. The molecule has 4 aromatic carbocycles. The van der Waals surface area contributed by atoms with Crippen LogP contribution in [-0.4, -0.2) is 31.6 Å². The molecule has 0 unspecified atom stereocenters. The highest BCUT2D eigenvalue weighted by Crippen LogP contribution is 2.39. The van der Waals surface area contributed by atoms with Gasteiger partial charge in [-0.15, -0.1) is 0 Å². The van der Waals surface area contributed by atoms with Crippen LogP contribution in [0.5, 0.6) is 0 Å². The fraction of sp³-hybridized carbons (Fsp3) is 0.0638. The van der Waals surface area contributed by atoms with Gasteiger partial charge in [0.25, 0.3) is 0 Å². The molecule has 5 nitrogen and oxygen atoms in total. The number of benzene rings is 4. The number of hydrogen-bond donors (Lipinski definition) is 3. The Morgan fingerprint density at radius 3 is 1.19 bits per heavy atom. The Labute approximate surface area is 302 Å². The van der Waals surface area contributed by atoms with Crippen LogP contribution in [0.4, 0.5) is 0 Å². The van der Waals surface area contributed by atoms with Crippen molar-refractivity contribution >= 4 is 46.4 Å². The molecule has 5 heteroatoms. The van der Waals surface area contributed by atoms with Gasteiger partial charge in [-0.25, -0.2) is 9.97 Å². The molecule has 0 saturated heterocycles. The van der Waals surface area contributed by atoms with Crippen molar-refractivity contribution in [1.29, 1.82) is 0 Å². The SMILES string of the molecule is OCCCc1ccccc1-c1c2nc(c(-c3ccccc3)c3ccc([nH]3)c(-c3ccccc3)c3nc(c(-c4ccccc4)c4ccc1[nH]4)C=C3)C=C2. The molecule has 7 aromatic rings. The van der Waals surface area contributed by atoms with Gasteiger partial charge in [-0.2, -0.15) is 0 Å². The quantitative estimate of drug-likeness (QED) is 0.158. The van der Waals surface area contributed by atoms with E-state index in [1.54, 1.807) is 0 Å². The van der Waals surface area contributed by atoms with Crippen molar-refractivity contribution in [1.82, 2.24) is 19.9 Å². The second-order valence-corrected chi connectivity index (χ2v) is 13.1. The first-order valence-corrected chi connectivity index (χ1v) is 17.8. The predicted molar refractivity (Wildman–Crippen MR) is 216 cm³/mol. The molecule has 8 bridgehead atoms. The van der Waals surface area contributed by atoms with E-state index in [1.807, 2.05) is 18.2 Å². The standard InChI is InChI=1S/C47H36N4O/c52-30-12-20-31-13-10-11-21-35(31)47-42-28-26-40(50-42)45(33-16-6-2-7-17-33)38-24-22-36(48-38)44(32-14-4-1-5-15-32)37-23-25-39(49-37)46(34-18-8-3-9-19-34)41-27-29-43(47)51-41/h1-11,13-19,21-29,48,51-52H,12,20,30H2. The molecule has 250 valence electrons. The van der Waals surface area contributed by atoms with E-state index >= 15 is 0 Å². The molecule has 5 heterocycles. The summed E-state index contributed by atoms with van der Waals surface area (Å²) in [4.78, 5) is 18.4. The van der Waals surface area contributed by atoms with Gasteiger partial charge in [0.2, 0.25) is 0 Å². The summed E-state index contributed by atoms with van der Waals surface area (Å²) in [6.07, 6.45) is 9.96. The normalized spacial score (nSPS) is 12.0. The van der Waals surface area contributed by atoms with Crippen LogP contribution in [0.3, 0.4) is 0 Å². The number of nitrogens with zero attached hydrogens (tertiary/aromatic N) is 2. The van der Waals surface area contributed by atoms with Gasteiger partial charge in [0.1, 0.15) is 0 Å². The minimum atomic E-state index is 0.135. The Bertz CT molecular complexity index is 2610. The van der Waals surface area contributed by atoms with E-state index in [-0.39, 0.29) is 6.61 Å². The third-order valence-electron chi connectivity index (χ3n) is 9.83. The number of aliphatic hydroxyl groups is 1. The van der Waals surface area contributed by atoms with Crippen LogP contribution in [0.2, 0.25) is 0 Å². The summed E-state index contributed by atoms with van der Waals surface area (Å²) in [6.45, 7) is 0.135. The molecule has 0 saturated carbocycles. The lowest BCUT2D eigenvalue weighted by atomic mass is 9.95. The first-order valence-electron chi connectivity index (χ1n) is 17.8. The van der Waals surface area contributed by atoms with Crippen LogP contribution in [0, 0.1) is 0 Å². The van der Waals surface area contributed by atoms with Crippen molar-refractivity contribution < 1.29 is 5.11 Å². The smallest absolute Gasteiger partial charge is 0.0737 e. The molecule has 3 aromatic heterocycles. The lowest BCUT2D eigenvalue weighted by Crippen LogP contribution is -1.95. The summed E-state index contributed by atoms with van der Waals surface area (Å²) in [7, 11) is 0. The van der Waals surface area contributed by atoms with Crippen molar-refractivity contribution in [3.8, 4) is 44.5 Å². The Kier molecular flexibility index (Phi) is 8.24. The van der Waals surface area contributed by atoms with Crippen molar-refractivity contribution in [2.24, 2.45) is 0 Å². The van der Waals surface area contributed by atoms with Crippen LogP contribution >= 0.6 is 0 Å². The molecule has 2 aliphatic rings. The topological polar surface area (TPSA) is 77.6 Å². The molecule has 0 spiro atoms. The zero-order valence-electron chi connectivity index (χ0n) is 28.6. The van der Waals surface area contributed by atoms with Gasteiger partial charge in [-0.1, -0.05) is 115 Å². The van der Waals surface area contributed by atoms with Gasteiger partial charge in [0.15, 0.2) is 0 Å². The van der Waals surface area contributed by atoms with E-state index in [0.29, 0.717) is 6.42 Å². The second-order valence-electron chi connectivity index (χ2n) is 13.1. The highest BCUT2D eigenvalue weighted by molar-refractivity contribution is 6.00. The van der Waals surface area contributed by atoms with E-state index in [4.69, 9.17) is 9.97 Å². The monoisotopic (exact) mass is 672 g/mol. The predicted octanol–water partition coefficient (Wildman–Crippen LogP) is 11.2. The van der Waals surface area contributed by atoms with Gasteiger partial charge in [0.05, 0.1) is 22.8 Å². The molecule has 52 heavy (non-hydrogen) atoms. The van der Waals surface area contributed by atoms with Crippen molar-refractivity contribution in [2.45, 2.75) is 12.8 Å². The molecule has 0 atom stereocenters. The molecule has 2 aliphatic heterocycles. The number of nitrogens with one attached hydrogen (secondary N) is 2. The van der Waals surface area contributed by atoms with Gasteiger partial charge in [-0.05, 0) is 89.2 Å². The van der Waals surface area contributed by atoms with E-state index in [2.05, 4.69) is 156 Å². The molecule has 3 N–H and O–H groups in total. The number of rotatable bonds is 7. The molecular formula is C47H36N4O. The van der Waals surface area contributed by atoms with E-state index < -0.39 is 0 Å². The summed E-state index contributed by atoms with van der Waals surface area (Å²) in [5.41, 5.74) is 17.0. The summed E-state index contributed by atoms with van der Waals surface area (Å²) in [5.74, 6) is 0. The van der Waals surface area contributed by atoms with E-state index in [0.717, 1.165) is 95.8 Å². The van der Waals surface area contributed by atoms with E-state index in [9.17, 15) is 5.11 Å². The number of fused-ring (bicyclic) bond motifs is 8. The Morgan fingerprint density at radius 2 is 0.769 bits per heavy atom. The number of aliphatic hydroxyl groups excluding tert-OH is 1. The maximum absolute atomic E-state index is 9.78. The average molecular weight is 673 g/mol. The van der Waals surface area contributed by atoms with Crippen LogP contribution in [0.25, 0.3) is 90.9 Å². The third-order valence-corrected chi connectivity index (χ3v) is 9.83. The zero-order chi connectivity index (χ0) is 34.9. The van der Waals surface area contributed by atoms with Crippen molar-refractivity contribution in [3.63, 3.8) is 0 Å². The molecule has 0 radical (unpaired) electrons. The number of aromatic amines is 2. The Morgan fingerprint density at radius 1 is 0.404 bits per heavy atom. The van der Waals surface area contributed by atoms with Gasteiger partial charge < -0.3 is 15.1 Å². The second kappa shape index (κ2) is 13.6. The molecule has 9 rings (SSSR count). The van der Waals surface area contributed by atoms with Crippen LogP contribution in [0.1, 0.15) is 34.8 Å². The highest BCUT2D eigenvalue weighted by atomic mass is 16.2. The van der Waals surface area contributed by atoms with E-state index in [1.165, 1.54) is 5.56 Å². The van der Waals surface area contributed by atoms with Crippen LogP contribution < -0.4 is 0 Å². The Hall–Kier alpha value is -6.56. The zero-order valence-corrected chi connectivity index (χ0v) is 28.6. The van der Waals surface area contributed by atoms with Gasteiger partial charge in [-0.3, -0.25) is 0 Å². The maximum Gasteiger partial charge on any atom is 0.0737 e. The largest absolute Gasteiger partial charge is 0.396 e. The van der Waals surface area contributed by atoms with Gasteiger partial charge in [0, 0.05) is 50.9 Å². The minimum Gasteiger partial charge on any atom is -0.396 e. The molecule has 0 aliphatic carbocycles. The summed E-state index contributed by atoms with van der Waals surface area (Å²) < 4.78 is 0. The molecule has 0 fully saturated rings. The fourth-order valence-electron chi connectivity index (χ4n) is 7.47. The lowest BCUT2D eigenvalue weighted by Gasteiger charge is -2.11. The lowest BCUT2D eigenvalue weighted by molar-refractivity contribution is 0.288. The number of aromatic nitrogens is 4. The molecule has 0 amide bonds. The highest BCUT2D eigenvalue weighted by Gasteiger charge is 2.19. The van der Waals surface area contributed by atoms with Crippen molar-refractivity contribution in [2.75, 3.05) is 6.61 Å². The minimum absolute atomic E-state index is 0.135. The number of aryl methyl sites for hydroxylation is 1. The molecular weight excluding hydrogens is 637 g/mol. The van der Waals surface area contributed by atoms with Crippen LogP contribution in [-0.2, 0) is 6.42 Å². The third kappa shape index (κ3) is 5.77. The first kappa shape index (κ1) is 31.4. The average Bonchev–Trinajstić information content (AvgIpc) is 4.04. The van der Waals surface area contributed by atoms with Crippen molar-refractivity contribution in [3.05, 3.63) is 168 Å². The summed E-state index contributed by atoms with van der Waals surface area (Å²) >= 11 is 0.